The van der Waals surface area contributed by atoms with Crippen LogP contribution in [0.2, 0.25) is 0 Å². The Balaban J connectivity index is 2.03. The summed E-state index contributed by atoms with van der Waals surface area (Å²) in [4.78, 5) is 0. The highest BCUT2D eigenvalue weighted by molar-refractivity contribution is 5.16. The summed E-state index contributed by atoms with van der Waals surface area (Å²) in [5, 5.41) is 19.1. The summed E-state index contributed by atoms with van der Waals surface area (Å²) in [5.74, 6) is 1.78. The third-order valence-electron chi connectivity index (χ3n) is 7.21. The van der Waals surface area contributed by atoms with Crippen LogP contribution in [0.4, 0.5) is 0 Å². The molecule has 2 N–H and O–H groups in total. The molecule has 3 unspecified atom stereocenters. The van der Waals surface area contributed by atoms with E-state index in [1.807, 2.05) is 0 Å². The molecule has 4 aliphatic carbocycles. The van der Waals surface area contributed by atoms with E-state index in [4.69, 9.17) is 0 Å². The molecule has 0 amide bonds. The molecule has 0 heterocycles. The van der Waals surface area contributed by atoms with Gasteiger partial charge in [0.2, 0.25) is 0 Å². The smallest absolute Gasteiger partial charge is 0.0436 e. The van der Waals surface area contributed by atoms with Gasteiger partial charge >= 0.3 is 0 Å². The monoisotopic (exact) mass is 252 g/mol. The van der Waals surface area contributed by atoms with Gasteiger partial charge in [-0.25, -0.2) is 0 Å². The highest BCUT2D eigenvalue weighted by Crippen LogP contribution is 2.75. The first-order valence-corrected chi connectivity index (χ1v) is 7.70. The van der Waals surface area contributed by atoms with Gasteiger partial charge in [0, 0.05) is 13.2 Å². The van der Waals surface area contributed by atoms with Crippen LogP contribution in [0.1, 0.15) is 58.8 Å². The first-order chi connectivity index (χ1) is 8.49. The molecule has 4 saturated carbocycles. The predicted molar refractivity (Wildman–Crippen MR) is 72.1 cm³/mol. The van der Waals surface area contributed by atoms with Gasteiger partial charge in [-0.3, -0.25) is 0 Å². The molecule has 0 radical (unpaired) electrons. The van der Waals surface area contributed by atoms with Crippen molar-refractivity contribution in [2.24, 2.45) is 28.1 Å². The molecule has 4 rings (SSSR count). The van der Waals surface area contributed by atoms with Crippen molar-refractivity contribution >= 4 is 0 Å². The second-order valence-electron chi connectivity index (χ2n) is 7.90. The van der Waals surface area contributed by atoms with Gasteiger partial charge in [-0.2, -0.15) is 0 Å². The fourth-order valence-corrected chi connectivity index (χ4v) is 6.52. The number of hydrogen-bond donors (Lipinski definition) is 2. The highest BCUT2D eigenvalue weighted by atomic mass is 16.3. The maximum Gasteiger partial charge on any atom is 0.0436 e. The van der Waals surface area contributed by atoms with Crippen molar-refractivity contribution in [2.75, 3.05) is 13.2 Å². The van der Waals surface area contributed by atoms with Crippen LogP contribution in [-0.2, 0) is 0 Å². The molecule has 2 nitrogen and oxygen atoms in total. The molecule has 3 atom stereocenters. The molecular weight excluding hydrogens is 224 g/mol. The second-order valence-corrected chi connectivity index (χ2v) is 7.90. The zero-order valence-electron chi connectivity index (χ0n) is 11.9. The van der Waals surface area contributed by atoms with Crippen molar-refractivity contribution in [2.45, 2.75) is 58.8 Å². The summed E-state index contributed by atoms with van der Waals surface area (Å²) < 4.78 is 0. The maximum absolute atomic E-state index is 9.55. The molecule has 2 heteroatoms. The SMILES string of the molecule is CC12CC3CC(C1)CC(CCO)(C3)C2(C)CCO. The minimum atomic E-state index is 0.227. The van der Waals surface area contributed by atoms with Gasteiger partial charge in [0.1, 0.15) is 0 Å². The summed E-state index contributed by atoms with van der Waals surface area (Å²) in [6.45, 7) is 5.49. The van der Waals surface area contributed by atoms with Crippen LogP contribution < -0.4 is 0 Å². The van der Waals surface area contributed by atoms with E-state index in [0.29, 0.717) is 24.0 Å². The Morgan fingerprint density at radius 3 is 1.94 bits per heavy atom. The largest absolute Gasteiger partial charge is 0.396 e. The Morgan fingerprint density at radius 2 is 1.44 bits per heavy atom. The molecule has 104 valence electrons. The van der Waals surface area contributed by atoms with Crippen LogP contribution >= 0.6 is 0 Å². The van der Waals surface area contributed by atoms with E-state index >= 15 is 0 Å². The Kier molecular flexibility index (Phi) is 2.84. The lowest BCUT2D eigenvalue weighted by molar-refractivity contribution is -0.229. The van der Waals surface area contributed by atoms with Crippen molar-refractivity contribution < 1.29 is 10.2 Å². The van der Waals surface area contributed by atoms with Crippen LogP contribution in [-0.4, -0.2) is 23.4 Å². The molecular formula is C16H28O2. The van der Waals surface area contributed by atoms with Crippen LogP contribution in [0, 0.1) is 28.1 Å². The zero-order chi connectivity index (χ0) is 13.0. The molecule has 0 aliphatic heterocycles. The summed E-state index contributed by atoms with van der Waals surface area (Å²) >= 11 is 0. The molecule has 0 aromatic carbocycles. The molecule has 0 spiro atoms. The van der Waals surface area contributed by atoms with E-state index in [1.165, 1.54) is 32.1 Å². The van der Waals surface area contributed by atoms with Gasteiger partial charge < -0.3 is 10.2 Å². The number of aliphatic hydroxyl groups is 2. The summed E-state index contributed by atoms with van der Waals surface area (Å²) in [5.41, 5.74) is 0.934. The number of rotatable bonds is 4. The van der Waals surface area contributed by atoms with Crippen molar-refractivity contribution in [1.82, 2.24) is 0 Å². The molecule has 4 aliphatic rings. The quantitative estimate of drug-likeness (QED) is 0.807. The summed E-state index contributed by atoms with van der Waals surface area (Å²) in [6, 6.07) is 0. The zero-order valence-corrected chi connectivity index (χ0v) is 11.9. The lowest BCUT2D eigenvalue weighted by Crippen LogP contribution is -2.64. The van der Waals surface area contributed by atoms with Gasteiger partial charge in [0.15, 0.2) is 0 Å². The lowest BCUT2D eigenvalue weighted by atomic mass is 9.33. The minimum absolute atomic E-state index is 0.227. The van der Waals surface area contributed by atoms with Gasteiger partial charge in [0.05, 0.1) is 0 Å². The van der Waals surface area contributed by atoms with Crippen LogP contribution in [0.5, 0.6) is 0 Å². The fourth-order valence-electron chi connectivity index (χ4n) is 6.52. The summed E-state index contributed by atoms with van der Waals surface area (Å²) in [6.07, 6.45) is 8.61. The van der Waals surface area contributed by atoms with Crippen molar-refractivity contribution in [3.63, 3.8) is 0 Å². The highest BCUT2D eigenvalue weighted by Gasteiger charge is 2.66. The summed E-state index contributed by atoms with van der Waals surface area (Å²) in [7, 11) is 0. The van der Waals surface area contributed by atoms with E-state index in [1.54, 1.807) is 0 Å². The molecule has 0 aromatic rings. The molecule has 0 saturated heterocycles. The predicted octanol–water partition coefficient (Wildman–Crippen LogP) is 2.97. The lowest BCUT2D eigenvalue weighted by Gasteiger charge is -2.72. The second kappa shape index (κ2) is 3.96. The van der Waals surface area contributed by atoms with Crippen LogP contribution in [0.15, 0.2) is 0 Å². The third kappa shape index (κ3) is 1.42. The third-order valence-corrected chi connectivity index (χ3v) is 7.21. The van der Waals surface area contributed by atoms with Gasteiger partial charge in [-0.05, 0) is 73.0 Å². The Labute approximate surface area is 111 Å². The molecule has 18 heavy (non-hydrogen) atoms. The molecule has 4 fully saturated rings. The van der Waals surface area contributed by atoms with Gasteiger partial charge in [0.25, 0.3) is 0 Å². The Morgan fingerprint density at radius 1 is 0.889 bits per heavy atom. The van der Waals surface area contributed by atoms with E-state index in [2.05, 4.69) is 13.8 Å². The van der Waals surface area contributed by atoms with Crippen molar-refractivity contribution in [3.8, 4) is 0 Å². The molecule has 0 aromatic heterocycles. The van der Waals surface area contributed by atoms with Gasteiger partial charge in [-0.15, -0.1) is 0 Å². The Bertz CT molecular complexity index is 324. The minimum Gasteiger partial charge on any atom is -0.396 e. The van der Waals surface area contributed by atoms with Crippen LogP contribution in [0.25, 0.3) is 0 Å². The van der Waals surface area contributed by atoms with E-state index < -0.39 is 0 Å². The first-order valence-electron chi connectivity index (χ1n) is 7.70. The number of aliphatic hydroxyl groups excluding tert-OH is 2. The van der Waals surface area contributed by atoms with Crippen LogP contribution in [0.3, 0.4) is 0 Å². The molecule has 4 bridgehead atoms. The average molecular weight is 252 g/mol. The van der Waals surface area contributed by atoms with Crippen molar-refractivity contribution in [1.29, 1.82) is 0 Å². The average Bonchev–Trinajstić information content (AvgIpc) is 2.25. The normalized spacial score (nSPS) is 54.0. The van der Waals surface area contributed by atoms with E-state index in [-0.39, 0.29) is 5.41 Å². The fraction of sp³-hybridized carbons (Fsp3) is 1.00. The van der Waals surface area contributed by atoms with E-state index in [0.717, 1.165) is 24.7 Å². The first kappa shape index (κ1) is 12.9. The topological polar surface area (TPSA) is 40.5 Å². The maximum atomic E-state index is 9.55. The van der Waals surface area contributed by atoms with Crippen molar-refractivity contribution in [3.05, 3.63) is 0 Å². The standard InChI is InChI=1S/C16H28O2/c1-14-8-12-7-13(9-14)11-16(10-12,4-6-18)15(14,2)3-5-17/h12-13,17-18H,3-11H2,1-2H3. The van der Waals surface area contributed by atoms with Gasteiger partial charge in [-0.1, -0.05) is 13.8 Å². The van der Waals surface area contributed by atoms with E-state index in [9.17, 15) is 10.2 Å². The Hall–Kier alpha value is -0.0800. The number of hydrogen-bond acceptors (Lipinski definition) is 2.